The average Bonchev–Trinajstić information content (AvgIpc) is 2.91. The molecule has 3 nitrogen and oxygen atoms in total. The summed E-state index contributed by atoms with van der Waals surface area (Å²) in [5.41, 5.74) is 1.15. The van der Waals surface area contributed by atoms with Gasteiger partial charge in [0.15, 0.2) is 0 Å². The lowest BCUT2D eigenvalue weighted by Gasteiger charge is -2.14. The maximum atomic E-state index is 6.01. The number of aromatic amines is 1. The summed E-state index contributed by atoms with van der Waals surface area (Å²) in [7, 11) is 0. The fourth-order valence-electron chi connectivity index (χ4n) is 1.91. The Bertz CT molecular complexity index is 511. The molecule has 0 aliphatic heterocycles. The molecule has 0 bridgehead atoms. The van der Waals surface area contributed by atoms with Gasteiger partial charge in [-0.25, -0.2) is 4.98 Å². The third kappa shape index (κ3) is 4.23. The number of aryl methyl sites for hydroxylation is 1. The number of nitrogens with one attached hydrogen (secondary N) is 2. The molecule has 0 radical (unpaired) electrons. The molecule has 0 fully saturated rings. The molecule has 1 heterocycles. The van der Waals surface area contributed by atoms with Crippen molar-refractivity contribution in [3.8, 4) is 0 Å². The number of imidazole rings is 1. The van der Waals surface area contributed by atoms with E-state index in [1.165, 1.54) is 0 Å². The van der Waals surface area contributed by atoms with Crippen LogP contribution in [0.2, 0.25) is 10.0 Å². The van der Waals surface area contributed by atoms with Gasteiger partial charge < -0.3 is 10.3 Å². The van der Waals surface area contributed by atoms with Crippen LogP contribution >= 0.6 is 23.2 Å². The molecule has 2 rings (SSSR count). The van der Waals surface area contributed by atoms with Gasteiger partial charge in [0.25, 0.3) is 0 Å². The summed E-state index contributed by atoms with van der Waals surface area (Å²) in [6.07, 6.45) is 5.62. The third-order valence-corrected chi connectivity index (χ3v) is 3.78. The molecule has 0 saturated carbocycles. The first-order valence-electron chi connectivity index (χ1n) is 6.33. The van der Waals surface area contributed by atoms with Gasteiger partial charge >= 0.3 is 0 Å². The standard InChI is InChI=1S/C14H17Cl2N3/c1-10(11-4-5-12(15)13(16)9-11)17-6-2-3-14-18-7-8-19-14/h4-5,7-10,17H,2-3,6H2,1H3,(H,18,19). The molecule has 2 N–H and O–H groups in total. The van der Waals surface area contributed by atoms with Gasteiger partial charge in [0.2, 0.25) is 0 Å². The van der Waals surface area contributed by atoms with Crippen LogP contribution in [0.25, 0.3) is 0 Å². The highest BCUT2D eigenvalue weighted by molar-refractivity contribution is 6.42. The van der Waals surface area contributed by atoms with Crippen LogP contribution in [0.15, 0.2) is 30.6 Å². The van der Waals surface area contributed by atoms with Gasteiger partial charge in [-0.15, -0.1) is 0 Å². The topological polar surface area (TPSA) is 40.7 Å². The minimum Gasteiger partial charge on any atom is -0.349 e. The molecule has 5 heteroatoms. The van der Waals surface area contributed by atoms with Gasteiger partial charge in [0.05, 0.1) is 10.0 Å². The number of hydrogen-bond acceptors (Lipinski definition) is 2. The van der Waals surface area contributed by atoms with Crippen LogP contribution in [0.4, 0.5) is 0 Å². The van der Waals surface area contributed by atoms with Crippen molar-refractivity contribution in [1.29, 1.82) is 0 Å². The third-order valence-electron chi connectivity index (χ3n) is 3.04. The van der Waals surface area contributed by atoms with Crippen LogP contribution in [-0.4, -0.2) is 16.5 Å². The minimum atomic E-state index is 0.256. The summed E-state index contributed by atoms with van der Waals surface area (Å²) < 4.78 is 0. The molecule has 0 amide bonds. The second kappa shape index (κ2) is 6.94. The van der Waals surface area contributed by atoms with E-state index >= 15 is 0 Å². The Kier molecular flexibility index (Phi) is 5.25. The van der Waals surface area contributed by atoms with Crippen LogP contribution in [0.3, 0.4) is 0 Å². The molecule has 0 spiro atoms. The Hall–Kier alpha value is -1.03. The summed E-state index contributed by atoms with van der Waals surface area (Å²) in [5, 5.41) is 4.66. The summed E-state index contributed by atoms with van der Waals surface area (Å²) >= 11 is 11.9. The molecule has 0 aliphatic carbocycles. The molecular weight excluding hydrogens is 281 g/mol. The summed E-state index contributed by atoms with van der Waals surface area (Å²) in [6, 6.07) is 6.00. The lowest BCUT2D eigenvalue weighted by atomic mass is 10.1. The Morgan fingerprint density at radius 1 is 1.32 bits per heavy atom. The van der Waals surface area contributed by atoms with E-state index in [9.17, 15) is 0 Å². The lowest BCUT2D eigenvalue weighted by molar-refractivity contribution is 0.555. The quantitative estimate of drug-likeness (QED) is 0.791. The molecule has 1 aromatic heterocycles. The number of halogens is 2. The highest BCUT2D eigenvalue weighted by Gasteiger charge is 2.07. The predicted molar refractivity (Wildman–Crippen MR) is 79.8 cm³/mol. The first kappa shape index (κ1) is 14.4. The van der Waals surface area contributed by atoms with Crippen LogP contribution in [0.5, 0.6) is 0 Å². The molecule has 1 unspecified atom stereocenters. The van der Waals surface area contributed by atoms with Gasteiger partial charge in [-0.3, -0.25) is 0 Å². The number of nitrogens with zero attached hydrogens (tertiary/aromatic N) is 1. The van der Waals surface area contributed by atoms with Crippen molar-refractivity contribution in [2.75, 3.05) is 6.54 Å². The smallest absolute Gasteiger partial charge is 0.106 e. The molecule has 0 aliphatic rings. The first-order chi connectivity index (χ1) is 9.16. The summed E-state index contributed by atoms with van der Waals surface area (Å²) in [5.74, 6) is 1.03. The normalized spacial score (nSPS) is 12.6. The number of hydrogen-bond donors (Lipinski definition) is 2. The van der Waals surface area contributed by atoms with Crippen molar-refractivity contribution in [3.05, 3.63) is 52.0 Å². The van der Waals surface area contributed by atoms with Crippen LogP contribution < -0.4 is 5.32 Å². The zero-order chi connectivity index (χ0) is 13.7. The van der Waals surface area contributed by atoms with Gasteiger partial charge in [-0.1, -0.05) is 29.3 Å². The van der Waals surface area contributed by atoms with Crippen molar-refractivity contribution in [2.24, 2.45) is 0 Å². The van der Waals surface area contributed by atoms with E-state index < -0.39 is 0 Å². The van der Waals surface area contributed by atoms with Gasteiger partial charge in [0, 0.05) is 24.9 Å². The molecular formula is C14H17Cl2N3. The van der Waals surface area contributed by atoms with Gasteiger partial charge in [-0.05, 0) is 37.6 Å². The van der Waals surface area contributed by atoms with E-state index in [0.29, 0.717) is 10.0 Å². The van der Waals surface area contributed by atoms with Crippen molar-refractivity contribution < 1.29 is 0 Å². The van der Waals surface area contributed by atoms with Gasteiger partial charge in [-0.2, -0.15) is 0 Å². The van der Waals surface area contributed by atoms with Crippen molar-refractivity contribution in [3.63, 3.8) is 0 Å². The zero-order valence-electron chi connectivity index (χ0n) is 10.8. The second-order valence-electron chi connectivity index (χ2n) is 4.49. The molecule has 1 atom stereocenters. The molecule has 1 aromatic carbocycles. The zero-order valence-corrected chi connectivity index (χ0v) is 12.3. The van der Waals surface area contributed by atoms with Crippen LogP contribution in [0, 0.1) is 0 Å². The van der Waals surface area contributed by atoms with E-state index in [2.05, 4.69) is 22.2 Å². The monoisotopic (exact) mass is 297 g/mol. The predicted octanol–water partition coefficient (Wildman–Crippen LogP) is 4.00. The molecule has 0 saturated heterocycles. The van der Waals surface area contributed by atoms with Crippen molar-refractivity contribution >= 4 is 23.2 Å². The second-order valence-corrected chi connectivity index (χ2v) is 5.30. The van der Waals surface area contributed by atoms with E-state index in [4.69, 9.17) is 23.2 Å². The largest absolute Gasteiger partial charge is 0.349 e. The van der Waals surface area contributed by atoms with E-state index in [1.54, 1.807) is 6.20 Å². The van der Waals surface area contributed by atoms with Crippen LogP contribution in [0.1, 0.15) is 30.8 Å². The highest BCUT2D eigenvalue weighted by Crippen LogP contribution is 2.25. The number of rotatable bonds is 6. The highest BCUT2D eigenvalue weighted by atomic mass is 35.5. The molecule has 2 aromatic rings. The Balaban J connectivity index is 1.77. The van der Waals surface area contributed by atoms with Crippen molar-refractivity contribution in [1.82, 2.24) is 15.3 Å². The maximum Gasteiger partial charge on any atom is 0.106 e. The number of H-pyrrole nitrogens is 1. The minimum absolute atomic E-state index is 0.256. The fraction of sp³-hybridized carbons (Fsp3) is 0.357. The summed E-state index contributed by atoms with van der Waals surface area (Å²) in [6.45, 7) is 3.05. The number of benzene rings is 1. The Labute approximate surface area is 123 Å². The van der Waals surface area contributed by atoms with E-state index in [0.717, 1.165) is 30.8 Å². The van der Waals surface area contributed by atoms with Crippen molar-refractivity contribution in [2.45, 2.75) is 25.8 Å². The SMILES string of the molecule is CC(NCCCc1ncc[nH]1)c1ccc(Cl)c(Cl)c1. The summed E-state index contributed by atoms with van der Waals surface area (Å²) in [4.78, 5) is 7.30. The molecule has 102 valence electrons. The maximum absolute atomic E-state index is 6.01. The fourth-order valence-corrected chi connectivity index (χ4v) is 2.22. The first-order valence-corrected chi connectivity index (χ1v) is 7.09. The van der Waals surface area contributed by atoms with Crippen LogP contribution in [-0.2, 0) is 6.42 Å². The van der Waals surface area contributed by atoms with E-state index in [-0.39, 0.29) is 6.04 Å². The Morgan fingerprint density at radius 3 is 2.84 bits per heavy atom. The van der Waals surface area contributed by atoms with E-state index in [1.807, 2.05) is 24.4 Å². The molecule has 19 heavy (non-hydrogen) atoms. The average molecular weight is 298 g/mol. The number of aromatic nitrogens is 2. The lowest BCUT2D eigenvalue weighted by Crippen LogP contribution is -2.20. The Morgan fingerprint density at radius 2 is 2.16 bits per heavy atom. The van der Waals surface area contributed by atoms with Gasteiger partial charge in [0.1, 0.15) is 5.82 Å².